The molecular weight excluding hydrogens is 242 g/mol. The topological polar surface area (TPSA) is 62.3 Å². The Morgan fingerprint density at radius 2 is 2.16 bits per heavy atom. The van der Waals surface area contributed by atoms with Gasteiger partial charge in [-0.15, -0.1) is 0 Å². The quantitative estimate of drug-likeness (QED) is 0.890. The number of aromatic carboxylic acids is 1. The molecule has 0 saturated heterocycles. The zero-order valence-corrected chi connectivity index (χ0v) is 11.0. The number of nitrogens with one attached hydrogen (secondary N) is 1. The van der Waals surface area contributed by atoms with Gasteiger partial charge in [0.15, 0.2) is 0 Å². The summed E-state index contributed by atoms with van der Waals surface area (Å²) in [5.74, 6) is -0.414. The van der Waals surface area contributed by atoms with Crippen LogP contribution in [0.4, 0.5) is 0 Å². The second-order valence-corrected chi connectivity index (χ2v) is 4.89. The number of carboxylic acids is 1. The number of carbonyl (C=O) groups is 1. The molecule has 0 saturated carbocycles. The molecule has 1 aliphatic carbocycles. The molecule has 0 aliphatic heterocycles. The molecule has 0 fully saturated rings. The maximum Gasteiger partial charge on any atom is 0.339 e. The number of hydrogen-bond donors (Lipinski definition) is 2. The lowest BCUT2D eigenvalue weighted by Crippen LogP contribution is -2.05. The number of aryl methyl sites for hydroxylation is 2. The van der Waals surface area contributed by atoms with E-state index in [4.69, 9.17) is 4.74 Å². The second-order valence-electron chi connectivity index (χ2n) is 4.89. The summed E-state index contributed by atoms with van der Waals surface area (Å²) in [4.78, 5) is 14.7. The molecule has 1 heterocycles. The van der Waals surface area contributed by atoms with Crippen LogP contribution in [-0.2, 0) is 12.8 Å². The third-order valence-corrected chi connectivity index (χ3v) is 3.73. The molecule has 19 heavy (non-hydrogen) atoms. The van der Waals surface area contributed by atoms with E-state index in [0.717, 1.165) is 30.2 Å². The van der Waals surface area contributed by atoms with Gasteiger partial charge in [0.2, 0.25) is 0 Å². The van der Waals surface area contributed by atoms with Gasteiger partial charge in [0.1, 0.15) is 11.3 Å². The Hall–Kier alpha value is -1.97. The minimum atomic E-state index is -0.934. The molecular formula is C15H17NO3. The van der Waals surface area contributed by atoms with Crippen LogP contribution >= 0.6 is 0 Å². The molecule has 2 aromatic rings. The van der Waals surface area contributed by atoms with Crippen molar-refractivity contribution in [2.24, 2.45) is 0 Å². The first-order valence-electron chi connectivity index (χ1n) is 6.75. The SMILES string of the molecule is CCOc1c(C(=O)O)ccc2[nH]c3c(c12)CCCC3. The third kappa shape index (κ3) is 1.87. The molecule has 0 unspecified atom stereocenters. The van der Waals surface area contributed by atoms with Crippen molar-refractivity contribution in [2.75, 3.05) is 6.61 Å². The van der Waals surface area contributed by atoms with Crippen LogP contribution in [0.25, 0.3) is 10.9 Å². The summed E-state index contributed by atoms with van der Waals surface area (Å²) < 4.78 is 5.64. The number of H-pyrrole nitrogens is 1. The summed E-state index contributed by atoms with van der Waals surface area (Å²) in [6.07, 6.45) is 4.38. The number of aromatic nitrogens is 1. The maximum absolute atomic E-state index is 11.3. The summed E-state index contributed by atoms with van der Waals surface area (Å²) in [7, 11) is 0. The number of aromatic amines is 1. The molecule has 1 aliphatic rings. The van der Waals surface area contributed by atoms with Crippen molar-refractivity contribution in [3.63, 3.8) is 0 Å². The predicted molar refractivity (Wildman–Crippen MR) is 73.1 cm³/mol. The van der Waals surface area contributed by atoms with Gasteiger partial charge in [0, 0.05) is 16.6 Å². The lowest BCUT2D eigenvalue weighted by Gasteiger charge is -2.13. The number of rotatable bonds is 3. The summed E-state index contributed by atoms with van der Waals surface area (Å²) in [6.45, 7) is 2.35. The lowest BCUT2D eigenvalue weighted by molar-refractivity contribution is 0.0693. The first-order chi connectivity index (χ1) is 9.22. The normalized spacial score (nSPS) is 14.4. The first kappa shape index (κ1) is 12.1. The Morgan fingerprint density at radius 1 is 1.37 bits per heavy atom. The fourth-order valence-corrected chi connectivity index (χ4v) is 2.93. The van der Waals surface area contributed by atoms with Crippen molar-refractivity contribution in [1.82, 2.24) is 4.98 Å². The Balaban J connectivity index is 2.31. The van der Waals surface area contributed by atoms with Gasteiger partial charge in [-0.1, -0.05) is 0 Å². The Morgan fingerprint density at radius 3 is 2.89 bits per heavy atom. The van der Waals surface area contributed by atoms with Gasteiger partial charge in [-0.2, -0.15) is 0 Å². The zero-order valence-electron chi connectivity index (χ0n) is 11.0. The van der Waals surface area contributed by atoms with Crippen molar-refractivity contribution in [3.8, 4) is 5.75 Å². The van der Waals surface area contributed by atoms with Gasteiger partial charge in [-0.3, -0.25) is 0 Å². The molecule has 2 N–H and O–H groups in total. The molecule has 1 aromatic carbocycles. The van der Waals surface area contributed by atoms with E-state index in [9.17, 15) is 9.90 Å². The van der Waals surface area contributed by atoms with E-state index in [2.05, 4.69) is 4.98 Å². The fourth-order valence-electron chi connectivity index (χ4n) is 2.93. The number of hydrogen-bond acceptors (Lipinski definition) is 2. The average molecular weight is 259 g/mol. The number of benzene rings is 1. The smallest absolute Gasteiger partial charge is 0.339 e. The van der Waals surface area contributed by atoms with Crippen LogP contribution in [0, 0.1) is 0 Å². The van der Waals surface area contributed by atoms with Gasteiger partial charge in [-0.25, -0.2) is 4.79 Å². The van der Waals surface area contributed by atoms with Crippen LogP contribution in [-0.4, -0.2) is 22.7 Å². The van der Waals surface area contributed by atoms with E-state index in [-0.39, 0.29) is 5.56 Å². The molecule has 0 bridgehead atoms. The molecule has 0 radical (unpaired) electrons. The van der Waals surface area contributed by atoms with Gasteiger partial charge in [-0.05, 0) is 50.3 Å². The van der Waals surface area contributed by atoms with E-state index >= 15 is 0 Å². The molecule has 4 heteroatoms. The highest BCUT2D eigenvalue weighted by molar-refractivity contribution is 6.01. The Bertz CT molecular complexity index is 642. The van der Waals surface area contributed by atoms with Crippen LogP contribution < -0.4 is 4.74 Å². The van der Waals surface area contributed by atoms with E-state index < -0.39 is 5.97 Å². The molecule has 100 valence electrons. The molecule has 3 rings (SSSR count). The number of fused-ring (bicyclic) bond motifs is 3. The molecule has 0 spiro atoms. The maximum atomic E-state index is 11.3. The zero-order chi connectivity index (χ0) is 13.4. The molecule has 1 aromatic heterocycles. The summed E-state index contributed by atoms with van der Waals surface area (Å²) in [6, 6.07) is 3.47. The predicted octanol–water partition coefficient (Wildman–Crippen LogP) is 3.14. The summed E-state index contributed by atoms with van der Waals surface area (Å²) >= 11 is 0. The van der Waals surface area contributed by atoms with Gasteiger partial charge in [0.05, 0.1) is 6.61 Å². The van der Waals surface area contributed by atoms with Gasteiger partial charge >= 0.3 is 5.97 Å². The lowest BCUT2D eigenvalue weighted by atomic mass is 9.94. The molecule has 0 atom stereocenters. The van der Waals surface area contributed by atoms with Crippen molar-refractivity contribution in [1.29, 1.82) is 0 Å². The monoisotopic (exact) mass is 259 g/mol. The van der Waals surface area contributed by atoms with Crippen LogP contribution in [0.5, 0.6) is 5.75 Å². The average Bonchev–Trinajstić information content (AvgIpc) is 2.77. The highest BCUT2D eigenvalue weighted by Crippen LogP contribution is 2.37. The first-order valence-corrected chi connectivity index (χ1v) is 6.75. The third-order valence-electron chi connectivity index (χ3n) is 3.73. The van der Waals surface area contributed by atoms with Crippen LogP contribution in [0.2, 0.25) is 0 Å². The van der Waals surface area contributed by atoms with E-state index in [1.165, 1.54) is 17.7 Å². The van der Waals surface area contributed by atoms with Gasteiger partial charge in [0.25, 0.3) is 0 Å². The number of ether oxygens (including phenoxy) is 1. The highest BCUT2D eigenvalue weighted by atomic mass is 16.5. The van der Waals surface area contributed by atoms with E-state index in [1.54, 1.807) is 6.07 Å². The van der Waals surface area contributed by atoms with Crippen LogP contribution in [0.3, 0.4) is 0 Å². The fraction of sp³-hybridized carbons (Fsp3) is 0.400. The van der Waals surface area contributed by atoms with E-state index in [1.807, 2.05) is 13.0 Å². The minimum Gasteiger partial charge on any atom is -0.492 e. The van der Waals surface area contributed by atoms with Crippen molar-refractivity contribution in [2.45, 2.75) is 32.6 Å². The second kappa shape index (κ2) is 4.61. The standard InChI is InChI=1S/C15H17NO3/c1-2-19-14-10(15(17)18)7-8-12-13(14)9-5-3-4-6-11(9)16-12/h7-8,16H,2-6H2,1H3,(H,17,18). The van der Waals surface area contributed by atoms with E-state index in [0.29, 0.717) is 12.4 Å². The number of carboxylic acid groups (broad SMARTS) is 1. The summed E-state index contributed by atoms with van der Waals surface area (Å²) in [5, 5.41) is 10.3. The largest absolute Gasteiger partial charge is 0.492 e. The van der Waals surface area contributed by atoms with Crippen LogP contribution in [0.15, 0.2) is 12.1 Å². The van der Waals surface area contributed by atoms with Crippen LogP contribution in [0.1, 0.15) is 41.4 Å². The summed E-state index contributed by atoms with van der Waals surface area (Å²) in [5.41, 5.74) is 3.72. The van der Waals surface area contributed by atoms with Gasteiger partial charge < -0.3 is 14.8 Å². The van der Waals surface area contributed by atoms with Crippen molar-refractivity contribution < 1.29 is 14.6 Å². The Kier molecular flexibility index (Phi) is 2.93. The Labute approximate surface area is 111 Å². The van der Waals surface area contributed by atoms with Crippen molar-refractivity contribution in [3.05, 3.63) is 29.0 Å². The minimum absolute atomic E-state index is 0.252. The van der Waals surface area contributed by atoms with Crippen molar-refractivity contribution >= 4 is 16.9 Å². The molecule has 4 nitrogen and oxygen atoms in total. The highest BCUT2D eigenvalue weighted by Gasteiger charge is 2.22. The molecule has 0 amide bonds.